The van der Waals surface area contributed by atoms with Crippen LogP contribution < -0.4 is 10.7 Å². The lowest BCUT2D eigenvalue weighted by atomic mass is 9.90. The van der Waals surface area contributed by atoms with E-state index in [1.54, 1.807) is 0 Å². The molecule has 2 fully saturated rings. The molecule has 10 heteroatoms. The molecule has 4 heterocycles. The monoisotopic (exact) mass is 487 g/mol. The van der Waals surface area contributed by atoms with E-state index in [0.29, 0.717) is 18.3 Å². The maximum atomic E-state index is 12.2. The van der Waals surface area contributed by atoms with Crippen molar-refractivity contribution in [2.75, 3.05) is 44.0 Å². The Labute approximate surface area is 210 Å². The van der Waals surface area contributed by atoms with Gasteiger partial charge in [0.2, 0.25) is 0 Å². The zero-order valence-electron chi connectivity index (χ0n) is 21.0. The zero-order chi connectivity index (χ0) is 24.8. The van der Waals surface area contributed by atoms with E-state index >= 15 is 0 Å². The number of nitrogens with zero attached hydrogens (tertiary/aromatic N) is 8. The molecular formula is C26H33N9O. The molecule has 0 bridgehead atoms. The van der Waals surface area contributed by atoms with E-state index < -0.39 is 0 Å². The second kappa shape index (κ2) is 9.25. The predicted molar refractivity (Wildman–Crippen MR) is 141 cm³/mol. The number of piperazine rings is 1. The summed E-state index contributed by atoms with van der Waals surface area (Å²) < 4.78 is 2.08. The minimum absolute atomic E-state index is 0.0141. The third-order valence-electron chi connectivity index (χ3n) is 7.88. The number of fused-ring (bicyclic) bond motifs is 1. The van der Waals surface area contributed by atoms with Crippen LogP contribution in [0, 0.1) is 0 Å². The Kier molecular flexibility index (Phi) is 5.93. The molecule has 1 saturated heterocycles. The van der Waals surface area contributed by atoms with Gasteiger partial charge in [-0.15, -0.1) is 0 Å². The van der Waals surface area contributed by atoms with Crippen LogP contribution in [0.1, 0.15) is 45.1 Å². The van der Waals surface area contributed by atoms with E-state index in [0.717, 1.165) is 72.7 Å². The third kappa shape index (κ3) is 4.14. The standard InChI is InChI=1S/C26H33N9O/c1-17-15-22(36)34(30-17)20-5-3-18(4-6-20)24-23-25(27)28-16-29-26(23)35(31-24)21-9-7-19(8-10-21)33-13-11-32(2)12-14-33/h3-6,16,19,21H,7-15H2,1-2H3,(H2,27,28,29). The van der Waals surface area contributed by atoms with Gasteiger partial charge in [0.1, 0.15) is 17.8 Å². The van der Waals surface area contributed by atoms with Crippen molar-refractivity contribution in [3.05, 3.63) is 30.6 Å². The van der Waals surface area contributed by atoms with Crippen molar-refractivity contribution in [3.63, 3.8) is 0 Å². The highest BCUT2D eigenvalue weighted by Gasteiger charge is 2.31. The summed E-state index contributed by atoms with van der Waals surface area (Å²) in [6.45, 7) is 6.50. The van der Waals surface area contributed by atoms with Gasteiger partial charge in [0.05, 0.1) is 23.5 Å². The molecule has 2 aliphatic heterocycles. The Balaban J connectivity index is 1.26. The molecule has 0 unspecified atom stereocenters. The SMILES string of the molecule is CC1=NN(c2ccc(-c3nn(C4CCC(N5CCN(C)CC5)CC4)c4ncnc(N)c34)cc2)C(=O)C1. The number of rotatable bonds is 4. The van der Waals surface area contributed by atoms with Crippen LogP contribution in [0.5, 0.6) is 0 Å². The molecule has 0 spiro atoms. The first kappa shape index (κ1) is 23.1. The molecule has 1 amide bonds. The quantitative estimate of drug-likeness (QED) is 0.603. The van der Waals surface area contributed by atoms with Gasteiger partial charge in [0.25, 0.3) is 5.91 Å². The number of likely N-dealkylation sites (N-methyl/N-ethyl adjacent to an activating group) is 1. The molecule has 36 heavy (non-hydrogen) atoms. The maximum absolute atomic E-state index is 12.2. The minimum atomic E-state index is -0.0141. The molecule has 10 nitrogen and oxygen atoms in total. The minimum Gasteiger partial charge on any atom is -0.383 e. The van der Waals surface area contributed by atoms with Crippen LogP contribution in [0.25, 0.3) is 22.3 Å². The average Bonchev–Trinajstić information content (AvgIpc) is 3.45. The summed E-state index contributed by atoms with van der Waals surface area (Å²) >= 11 is 0. The summed E-state index contributed by atoms with van der Waals surface area (Å²) in [7, 11) is 2.20. The molecule has 188 valence electrons. The van der Waals surface area contributed by atoms with Gasteiger partial charge < -0.3 is 10.6 Å². The Morgan fingerprint density at radius 3 is 2.31 bits per heavy atom. The third-order valence-corrected chi connectivity index (χ3v) is 7.88. The average molecular weight is 488 g/mol. The molecule has 1 aliphatic carbocycles. The molecule has 2 N–H and O–H groups in total. The smallest absolute Gasteiger partial charge is 0.253 e. The van der Waals surface area contributed by atoms with E-state index in [4.69, 9.17) is 10.8 Å². The summed E-state index contributed by atoms with van der Waals surface area (Å²) in [5, 5.41) is 11.7. The highest BCUT2D eigenvalue weighted by molar-refractivity contribution is 6.12. The summed E-state index contributed by atoms with van der Waals surface area (Å²) in [5.74, 6) is 0.422. The van der Waals surface area contributed by atoms with Gasteiger partial charge in [-0.3, -0.25) is 9.69 Å². The molecular weight excluding hydrogens is 454 g/mol. The highest BCUT2D eigenvalue weighted by Crippen LogP contribution is 2.37. The van der Waals surface area contributed by atoms with Crippen LogP contribution in [-0.2, 0) is 4.79 Å². The Morgan fingerprint density at radius 2 is 1.64 bits per heavy atom. The number of nitrogens with two attached hydrogens (primary N) is 1. The first-order valence-electron chi connectivity index (χ1n) is 12.9. The Hall–Kier alpha value is -3.37. The number of hydrazone groups is 1. The lowest BCUT2D eigenvalue weighted by molar-refractivity contribution is -0.116. The van der Waals surface area contributed by atoms with Crippen LogP contribution in [0.4, 0.5) is 11.5 Å². The van der Waals surface area contributed by atoms with E-state index in [1.165, 1.54) is 24.2 Å². The van der Waals surface area contributed by atoms with E-state index in [2.05, 4.69) is 36.6 Å². The lowest BCUT2D eigenvalue weighted by Gasteiger charge is -2.41. The van der Waals surface area contributed by atoms with Crippen molar-refractivity contribution in [1.29, 1.82) is 0 Å². The second-order valence-electron chi connectivity index (χ2n) is 10.3. The molecule has 3 aromatic rings. The van der Waals surface area contributed by atoms with Crippen LogP contribution in [0.2, 0.25) is 0 Å². The van der Waals surface area contributed by atoms with Crippen molar-refractivity contribution in [1.82, 2.24) is 29.5 Å². The van der Waals surface area contributed by atoms with Crippen LogP contribution >= 0.6 is 0 Å². The van der Waals surface area contributed by atoms with E-state index in [9.17, 15) is 4.79 Å². The normalized spacial score (nSPS) is 24.0. The van der Waals surface area contributed by atoms with Crippen LogP contribution in [0.3, 0.4) is 0 Å². The fourth-order valence-electron chi connectivity index (χ4n) is 5.82. The number of hydrogen-bond donors (Lipinski definition) is 1. The number of aromatic nitrogens is 4. The molecule has 0 atom stereocenters. The van der Waals surface area contributed by atoms with Crippen molar-refractivity contribution in [2.24, 2.45) is 5.10 Å². The first-order valence-corrected chi connectivity index (χ1v) is 12.9. The Bertz CT molecular complexity index is 1300. The molecule has 1 aromatic carbocycles. The van der Waals surface area contributed by atoms with Crippen molar-refractivity contribution >= 4 is 34.2 Å². The number of carbonyl (C=O) groups is 1. The zero-order valence-corrected chi connectivity index (χ0v) is 21.0. The van der Waals surface area contributed by atoms with Crippen molar-refractivity contribution in [3.8, 4) is 11.3 Å². The molecule has 2 aromatic heterocycles. The van der Waals surface area contributed by atoms with E-state index in [-0.39, 0.29) is 11.9 Å². The van der Waals surface area contributed by atoms with Gasteiger partial charge >= 0.3 is 0 Å². The maximum Gasteiger partial charge on any atom is 0.253 e. The summed E-state index contributed by atoms with van der Waals surface area (Å²) in [6, 6.07) is 8.69. The number of hydrogen-bond acceptors (Lipinski definition) is 8. The topological polar surface area (TPSA) is 109 Å². The fourth-order valence-corrected chi connectivity index (χ4v) is 5.82. The second-order valence-corrected chi connectivity index (χ2v) is 10.3. The van der Waals surface area contributed by atoms with Crippen LogP contribution in [-0.4, -0.2) is 80.4 Å². The Morgan fingerprint density at radius 1 is 0.944 bits per heavy atom. The molecule has 3 aliphatic rings. The predicted octanol–water partition coefficient (Wildman–Crippen LogP) is 2.92. The number of anilines is 2. The number of carbonyl (C=O) groups excluding carboxylic acids is 1. The summed E-state index contributed by atoms with van der Waals surface area (Å²) in [6.07, 6.45) is 6.38. The van der Waals surface area contributed by atoms with Crippen LogP contribution in [0.15, 0.2) is 35.7 Å². The van der Waals surface area contributed by atoms with Gasteiger partial charge in [-0.05, 0) is 51.8 Å². The first-order chi connectivity index (χ1) is 17.5. The summed E-state index contributed by atoms with van der Waals surface area (Å²) in [4.78, 5) is 26.2. The molecule has 1 saturated carbocycles. The molecule has 6 rings (SSSR count). The van der Waals surface area contributed by atoms with E-state index in [1.807, 2.05) is 31.2 Å². The number of nitrogen functional groups attached to an aromatic ring is 1. The van der Waals surface area contributed by atoms with Gasteiger partial charge in [0.15, 0.2) is 5.65 Å². The largest absolute Gasteiger partial charge is 0.383 e. The van der Waals surface area contributed by atoms with Crippen molar-refractivity contribution < 1.29 is 4.79 Å². The summed E-state index contributed by atoms with van der Waals surface area (Å²) in [5.41, 5.74) is 10.4. The highest BCUT2D eigenvalue weighted by atomic mass is 16.2. The van der Waals surface area contributed by atoms with Gasteiger partial charge in [-0.2, -0.15) is 10.2 Å². The van der Waals surface area contributed by atoms with Gasteiger partial charge in [-0.25, -0.2) is 19.7 Å². The van der Waals surface area contributed by atoms with Gasteiger partial charge in [0, 0.05) is 43.5 Å². The number of amides is 1. The van der Waals surface area contributed by atoms with Crippen molar-refractivity contribution in [2.45, 2.75) is 51.1 Å². The fraction of sp³-hybridized carbons (Fsp3) is 0.500. The molecule has 0 radical (unpaired) electrons. The number of benzene rings is 1. The van der Waals surface area contributed by atoms with Gasteiger partial charge in [-0.1, -0.05) is 12.1 Å². The lowest BCUT2D eigenvalue weighted by Crippen LogP contribution is -2.49.